The van der Waals surface area contributed by atoms with E-state index in [1.165, 1.54) is 0 Å². The third kappa shape index (κ3) is 6.27. The van der Waals surface area contributed by atoms with Gasteiger partial charge in [-0.2, -0.15) is 0 Å². The van der Waals surface area contributed by atoms with E-state index in [-0.39, 0.29) is 24.5 Å². The third-order valence-corrected chi connectivity index (χ3v) is 4.46. The number of likely N-dealkylation sites (N-methyl/N-ethyl adjacent to an activating group) is 1. The van der Waals surface area contributed by atoms with E-state index in [0.717, 1.165) is 10.0 Å². The molecule has 0 unspecified atom stereocenters. The van der Waals surface area contributed by atoms with Crippen molar-refractivity contribution in [1.82, 2.24) is 10.2 Å². The Bertz CT molecular complexity index is 822. The number of ether oxygens (including phenoxy) is 2. The molecule has 1 N–H and O–H groups in total. The Balaban J connectivity index is 1.90. The molecule has 28 heavy (non-hydrogen) atoms. The summed E-state index contributed by atoms with van der Waals surface area (Å²) in [5, 5.41) is 2.65. The number of nitrogens with one attached hydrogen (secondary N) is 1. The molecule has 7 heteroatoms. The number of halogens is 1. The number of methoxy groups -OCH3 is 1. The lowest BCUT2D eigenvalue weighted by Crippen LogP contribution is -2.37. The van der Waals surface area contributed by atoms with Gasteiger partial charge in [0.05, 0.1) is 19.8 Å². The Hall–Kier alpha value is -2.54. The molecule has 2 aromatic rings. The number of rotatable bonds is 8. The lowest BCUT2D eigenvalue weighted by Gasteiger charge is -2.19. The molecule has 0 heterocycles. The van der Waals surface area contributed by atoms with Crippen molar-refractivity contribution in [2.24, 2.45) is 0 Å². The number of hydrogen-bond donors (Lipinski definition) is 1. The zero-order valence-corrected chi connectivity index (χ0v) is 18.1. The molecule has 2 aromatic carbocycles. The molecule has 0 aliphatic heterocycles. The highest BCUT2D eigenvalue weighted by atomic mass is 79.9. The van der Waals surface area contributed by atoms with Crippen LogP contribution in [0.3, 0.4) is 0 Å². The second-order valence-electron chi connectivity index (χ2n) is 6.58. The molecule has 2 amide bonds. The maximum absolute atomic E-state index is 12.4. The molecule has 0 bridgehead atoms. The van der Waals surface area contributed by atoms with Gasteiger partial charge in [-0.1, -0.05) is 15.9 Å². The molecule has 0 spiro atoms. The van der Waals surface area contributed by atoms with Crippen LogP contribution < -0.4 is 14.8 Å². The third-order valence-electron chi connectivity index (χ3n) is 3.96. The molecule has 0 saturated heterocycles. The van der Waals surface area contributed by atoms with Crippen LogP contribution in [0.5, 0.6) is 11.5 Å². The number of carbonyl (C=O) groups excluding carboxylic acids is 2. The fourth-order valence-electron chi connectivity index (χ4n) is 2.56. The van der Waals surface area contributed by atoms with Gasteiger partial charge in [-0.3, -0.25) is 9.59 Å². The van der Waals surface area contributed by atoms with Crippen LogP contribution in [-0.4, -0.2) is 43.5 Å². The number of hydrogen-bond acceptors (Lipinski definition) is 4. The summed E-state index contributed by atoms with van der Waals surface area (Å²) in [6.07, 6.45) is 0.0664. The van der Waals surface area contributed by atoms with Crippen LogP contribution in [0, 0.1) is 0 Å². The first-order chi connectivity index (χ1) is 13.3. The van der Waals surface area contributed by atoms with E-state index in [4.69, 9.17) is 9.47 Å². The van der Waals surface area contributed by atoms with E-state index in [1.807, 2.05) is 32.0 Å². The van der Waals surface area contributed by atoms with Gasteiger partial charge in [0.1, 0.15) is 11.5 Å². The summed E-state index contributed by atoms with van der Waals surface area (Å²) in [4.78, 5) is 26.2. The second kappa shape index (κ2) is 10.1. The Morgan fingerprint density at radius 3 is 2.43 bits per heavy atom. The number of carbonyl (C=O) groups is 2. The van der Waals surface area contributed by atoms with E-state index < -0.39 is 0 Å². The zero-order valence-electron chi connectivity index (χ0n) is 16.5. The van der Waals surface area contributed by atoms with Crippen molar-refractivity contribution in [2.75, 3.05) is 20.7 Å². The van der Waals surface area contributed by atoms with E-state index in [9.17, 15) is 9.59 Å². The first-order valence-corrected chi connectivity index (χ1v) is 9.70. The van der Waals surface area contributed by atoms with Gasteiger partial charge in [-0.25, -0.2) is 0 Å². The number of amides is 2. The standard InChI is InChI=1S/C21H25BrN2O4/c1-14(2)28-18-8-5-15(6-9-18)21(26)23-12-20(25)24(3)13-16-11-17(22)7-10-19(16)27-4/h5-11,14H,12-13H2,1-4H3,(H,23,26). The van der Waals surface area contributed by atoms with E-state index in [0.29, 0.717) is 23.6 Å². The van der Waals surface area contributed by atoms with Gasteiger partial charge in [0.15, 0.2) is 0 Å². The van der Waals surface area contributed by atoms with E-state index in [2.05, 4.69) is 21.2 Å². The Morgan fingerprint density at radius 1 is 1.14 bits per heavy atom. The normalized spacial score (nSPS) is 10.5. The van der Waals surface area contributed by atoms with Crippen LogP contribution in [0.1, 0.15) is 29.8 Å². The monoisotopic (exact) mass is 448 g/mol. The molecule has 0 aromatic heterocycles. The van der Waals surface area contributed by atoms with Crippen molar-refractivity contribution < 1.29 is 19.1 Å². The first kappa shape index (κ1) is 21.8. The van der Waals surface area contributed by atoms with Crippen LogP contribution in [0.4, 0.5) is 0 Å². The van der Waals surface area contributed by atoms with Gasteiger partial charge in [0.25, 0.3) is 5.91 Å². The average Bonchev–Trinajstić information content (AvgIpc) is 2.66. The maximum Gasteiger partial charge on any atom is 0.251 e. The first-order valence-electron chi connectivity index (χ1n) is 8.91. The molecule has 0 aliphatic carbocycles. The molecular weight excluding hydrogens is 424 g/mol. The van der Waals surface area contributed by atoms with Crippen molar-refractivity contribution in [3.05, 3.63) is 58.1 Å². The van der Waals surface area contributed by atoms with E-state index >= 15 is 0 Å². The number of nitrogens with zero attached hydrogens (tertiary/aromatic N) is 1. The van der Waals surface area contributed by atoms with Crippen LogP contribution in [0.25, 0.3) is 0 Å². The minimum absolute atomic E-state index is 0.0664. The van der Waals surface area contributed by atoms with Crippen LogP contribution in [0.15, 0.2) is 46.9 Å². The molecule has 2 rings (SSSR count). The highest BCUT2D eigenvalue weighted by Crippen LogP contribution is 2.24. The average molecular weight is 449 g/mol. The molecule has 0 aliphatic rings. The molecule has 6 nitrogen and oxygen atoms in total. The Labute approximate surface area is 174 Å². The van der Waals surface area contributed by atoms with E-state index in [1.54, 1.807) is 43.3 Å². The predicted molar refractivity (Wildman–Crippen MR) is 112 cm³/mol. The van der Waals surface area contributed by atoms with Crippen molar-refractivity contribution in [3.8, 4) is 11.5 Å². The quantitative estimate of drug-likeness (QED) is 0.669. The maximum atomic E-state index is 12.4. The summed E-state index contributed by atoms with van der Waals surface area (Å²) in [6, 6.07) is 12.4. The summed E-state index contributed by atoms with van der Waals surface area (Å²) in [7, 11) is 3.28. The zero-order chi connectivity index (χ0) is 20.7. The van der Waals surface area contributed by atoms with Crippen LogP contribution >= 0.6 is 15.9 Å². The summed E-state index contributed by atoms with van der Waals surface area (Å²) in [5.74, 6) is 0.897. The van der Waals surface area contributed by atoms with Gasteiger partial charge in [0.2, 0.25) is 5.91 Å². The molecule has 0 fully saturated rings. The van der Waals surface area contributed by atoms with Gasteiger partial charge in [-0.15, -0.1) is 0 Å². The smallest absolute Gasteiger partial charge is 0.251 e. The fourth-order valence-corrected chi connectivity index (χ4v) is 2.97. The predicted octanol–water partition coefficient (Wildman–Crippen LogP) is 3.63. The van der Waals surface area contributed by atoms with Crippen molar-refractivity contribution in [2.45, 2.75) is 26.5 Å². The lowest BCUT2D eigenvalue weighted by atomic mass is 10.2. The topological polar surface area (TPSA) is 67.9 Å². The van der Waals surface area contributed by atoms with Gasteiger partial charge in [0, 0.05) is 29.2 Å². The van der Waals surface area contributed by atoms with Crippen LogP contribution in [0.2, 0.25) is 0 Å². The summed E-state index contributed by atoms with van der Waals surface area (Å²) < 4.78 is 11.8. The largest absolute Gasteiger partial charge is 0.496 e. The number of benzene rings is 2. The summed E-state index contributed by atoms with van der Waals surface area (Å²) in [5.41, 5.74) is 1.35. The minimum Gasteiger partial charge on any atom is -0.496 e. The fraction of sp³-hybridized carbons (Fsp3) is 0.333. The molecule has 0 atom stereocenters. The molecule has 0 saturated carbocycles. The molecular formula is C21H25BrN2O4. The SMILES string of the molecule is COc1ccc(Br)cc1CN(C)C(=O)CNC(=O)c1ccc(OC(C)C)cc1. The summed E-state index contributed by atoms with van der Waals surface area (Å²) in [6.45, 7) is 4.16. The van der Waals surface area contributed by atoms with Gasteiger partial charge in [-0.05, 0) is 56.3 Å². The Kier molecular flexibility index (Phi) is 7.87. The van der Waals surface area contributed by atoms with Crippen LogP contribution in [-0.2, 0) is 11.3 Å². The minimum atomic E-state index is -0.308. The molecule has 0 radical (unpaired) electrons. The highest BCUT2D eigenvalue weighted by Gasteiger charge is 2.14. The van der Waals surface area contributed by atoms with Gasteiger partial charge < -0.3 is 19.7 Å². The van der Waals surface area contributed by atoms with Gasteiger partial charge >= 0.3 is 0 Å². The second-order valence-corrected chi connectivity index (χ2v) is 7.50. The summed E-state index contributed by atoms with van der Waals surface area (Å²) >= 11 is 3.42. The Morgan fingerprint density at radius 2 is 1.82 bits per heavy atom. The van der Waals surface area contributed by atoms with Crippen molar-refractivity contribution in [1.29, 1.82) is 0 Å². The lowest BCUT2D eigenvalue weighted by molar-refractivity contribution is -0.129. The van der Waals surface area contributed by atoms with Crippen molar-refractivity contribution in [3.63, 3.8) is 0 Å². The van der Waals surface area contributed by atoms with Crippen molar-refractivity contribution >= 4 is 27.7 Å². The highest BCUT2D eigenvalue weighted by molar-refractivity contribution is 9.10. The molecule has 150 valence electrons.